The SMILES string of the molecule is COC(=O)c1ccc(C(=O)OC)c(NC(=O)[C@@]2(C)Cc3ccc(C)cc3C(=O)O2)c1. The highest BCUT2D eigenvalue weighted by atomic mass is 16.6. The Morgan fingerprint density at radius 1 is 1.03 bits per heavy atom. The van der Waals surface area contributed by atoms with Crippen molar-refractivity contribution in [1.29, 1.82) is 0 Å². The molecule has 0 aromatic heterocycles. The van der Waals surface area contributed by atoms with E-state index in [0.29, 0.717) is 11.1 Å². The highest BCUT2D eigenvalue weighted by molar-refractivity contribution is 6.07. The molecule has 0 spiro atoms. The lowest BCUT2D eigenvalue weighted by atomic mass is 9.88. The summed E-state index contributed by atoms with van der Waals surface area (Å²) in [5.41, 5.74) is 0.720. The highest BCUT2D eigenvalue weighted by Gasteiger charge is 2.43. The van der Waals surface area contributed by atoms with Crippen molar-refractivity contribution in [3.8, 4) is 0 Å². The minimum atomic E-state index is -1.51. The number of methoxy groups -OCH3 is 2. The predicted octanol–water partition coefficient (Wildman–Crippen LogP) is 2.68. The van der Waals surface area contributed by atoms with E-state index in [2.05, 4.69) is 10.1 Å². The van der Waals surface area contributed by atoms with Crippen LogP contribution >= 0.6 is 0 Å². The second kappa shape index (κ2) is 7.98. The fourth-order valence-corrected chi connectivity index (χ4v) is 3.26. The number of carbonyl (C=O) groups is 4. The summed E-state index contributed by atoms with van der Waals surface area (Å²) in [6.07, 6.45) is 0.157. The van der Waals surface area contributed by atoms with Gasteiger partial charge in [0.15, 0.2) is 5.60 Å². The van der Waals surface area contributed by atoms with Gasteiger partial charge >= 0.3 is 17.9 Å². The van der Waals surface area contributed by atoms with Gasteiger partial charge in [0.2, 0.25) is 0 Å². The number of amides is 1. The Balaban J connectivity index is 1.94. The fourth-order valence-electron chi connectivity index (χ4n) is 3.26. The number of hydrogen-bond donors (Lipinski definition) is 1. The van der Waals surface area contributed by atoms with Gasteiger partial charge in [-0.25, -0.2) is 14.4 Å². The van der Waals surface area contributed by atoms with E-state index in [4.69, 9.17) is 9.47 Å². The Bertz CT molecular complexity index is 1060. The maximum atomic E-state index is 13.1. The molecule has 1 atom stereocenters. The number of esters is 3. The van der Waals surface area contributed by atoms with Crippen molar-refractivity contribution in [2.75, 3.05) is 19.5 Å². The molecule has 30 heavy (non-hydrogen) atoms. The minimum Gasteiger partial charge on any atom is -0.465 e. The number of nitrogens with one attached hydrogen (secondary N) is 1. The molecule has 0 unspecified atom stereocenters. The fraction of sp³-hybridized carbons (Fsp3) is 0.273. The molecule has 1 aliphatic rings. The van der Waals surface area contributed by atoms with Crippen LogP contribution in [0.1, 0.15) is 49.1 Å². The van der Waals surface area contributed by atoms with Crippen molar-refractivity contribution in [3.05, 3.63) is 64.2 Å². The van der Waals surface area contributed by atoms with Crippen molar-refractivity contribution in [2.45, 2.75) is 25.9 Å². The third-order valence-corrected chi connectivity index (χ3v) is 4.91. The topological polar surface area (TPSA) is 108 Å². The molecular weight excluding hydrogens is 390 g/mol. The summed E-state index contributed by atoms with van der Waals surface area (Å²) < 4.78 is 14.9. The number of benzene rings is 2. The summed E-state index contributed by atoms with van der Waals surface area (Å²) >= 11 is 0. The van der Waals surface area contributed by atoms with Gasteiger partial charge in [-0.05, 0) is 43.7 Å². The summed E-state index contributed by atoms with van der Waals surface area (Å²) in [5.74, 6) is -2.59. The Morgan fingerprint density at radius 2 is 1.73 bits per heavy atom. The summed E-state index contributed by atoms with van der Waals surface area (Å²) in [4.78, 5) is 49.5. The van der Waals surface area contributed by atoms with E-state index in [1.807, 2.05) is 13.0 Å². The van der Waals surface area contributed by atoms with Crippen molar-refractivity contribution in [2.24, 2.45) is 0 Å². The lowest BCUT2D eigenvalue weighted by Crippen LogP contribution is -2.49. The summed E-state index contributed by atoms with van der Waals surface area (Å²) in [7, 11) is 2.42. The van der Waals surface area contributed by atoms with E-state index >= 15 is 0 Å². The van der Waals surface area contributed by atoms with Gasteiger partial charge in [0.25, 0.3) is 5.91 Å². The monoisotopic (exact) mass is 411 g/mol. The molecule has 2 aromatic carbocycles. The Kier molecular flexibility index (Phi) is 5.60. The Hall–Kier alpha value is -3.68. The van der Waals surface area contributed by atoms with Crippen LogP contribution in [0.3, 0.4) is 0 Å². The molecule has 0 bridgehead atoms. The maximum Gasteiger partial charge on any atom is 0.339 e. The standard InChI is InChI=1S/C22H21NO7/c1-12-5-6-14-11-22(2,30-20(26)16(14)9-12)21(27)23-17-10-13(18(24)28-3)7-8-15(17)19(25)29-4/h5-10H,11H2,1-4H3,(H,23,27)/t22-/m1/s1. The predicted molar refractivity (Wildman–Crippen MR) is 106 cm³/mol. The number of anilines is 1. The molecule has 8 heteroatoms. The first-order valence-corrected chi connectivity index (χ1v) is 9.13. The Morgan fingerprint density at radius 3 is 2.40 bits per heavy atom. The molecule has 0 saturated carbocycles. The van der Waals surface area contributed by atoms with Gasteiger partial charge in [0.05, 0.1) is 36.6 Å². The molecule has 1 aliphatic heterocycles. The van der Waals surface area contributed by atoms with Crippen LogP contribution in [-0.4, -0.2) is 43.6 Å². The average molecular weight is 411 g/mol. The molecule has 2 aromatic rings. The largest absolute Gasteiger partial charge is 0.465 e. The first kappa shape index (κ1) is 21.0. The normalized spacial score (nSPS) is 17.4. The number of hydrogen-bond acceptors (Lipinski definition) is 7. The molecule has 3 rings (SSSR count). The van der Waals surface area contributed by atoms with E-state index in [9.17, 15) is 19.2 Å². The van der Waals surface area contributed by atoms with E-state index in [0.717, 1.165) is 5.56 Å². The zero-order valence-electron chi connectivity index (χ0n) is 17.0. The van der Waals surface area contributed by atoms with Crippen LogP contribution in [0.4, 0.5) is 5.69 Å². The lowest BCUT2D eigenvalue weighted by molar-refractivity contribution is -0.134. The van der Waals surface area contributed by atoms with Gasteiger partial charge < -0.3 is 19.5 Å². The van der Waals surface area contributed by atoms with E-state index in [-0.39, 0.29) is 23.2 Å². The number of rotatable bonds is 4. The molecular formula is C22H21NO7. The van der Waals surface area contributed by atoms with Crippen LogP contribution in [0.25, 0.3) is 0 Å². The van der Waals surface area contributed by atoms with Crippen LogP contribution in [-0.2, 0) is 25.4 Å². The van der Waals surface area contributed by atoms with Gasteiger partial charge in [0, 0.05) is 6.42 Å². The molecule has 1 amide bonds. The van der Waals surface area contributed by atoms with Crippen LogP contribution in [0.5, 0.6) is 0 Å². The minimum absolute atomic E-state index is 0.0419. The Labute approximate surface area is 173 Å². The number of carbonyl (C=O) groups excluding carboxylic acids is 4. The highest BCUT2D eigenvalue weighted by Crippen LogP contribution is 2.31. The lowest BCUT2D eigenvalue weighted by Gasteiger charge is -2.33. The number of aryl methyl sites for hydroxylation is 1. The molecule has 156 valence electrons. The maximum absolute atomic E-state index is 13.1. The van der Waals surface area contributed by atoms with Gasteiger partial charge in [-0.2, -0.15) is 0 Å². The van der Waals surface area contributed by atoms with Crippen LogP contribution in [0.15, 0.2) is 36.4 Å². The van der Waals surface area contributed by atoms with Crippen molar-refractivity contribution in [3.63, 3.8) is 0 Å². The summed E-state index contributed by atoms with van der Waals surface area (Å²) in [6, 6.07) is 9.39. The number of cyclic esters (lactones) is 1. The summed E-state index contributed by atoms with van der Waals surface area (Å²) in [5, 5.41) is 2.59. The molecule has 0 fully saturated rings. The smallest absolute Gasteiger partial charge is 0.339 e. The third-order valence-electron chi connectivity index (χ3n) is 4.91. The van der Waals surface area contributed by atoms with Crippen LogP contribution in [0, 0.1) is 6.92 Å². The zero-order valence-corrected chi connectivity index (χ0v) is 17.0. The van der Waals surface area contributed by atoms with Crippen molar-refractivity contribution in [1.82, 2.24) is 0 Å². The number of ether oxygens (including phenoxy) is 3. The van der Waals surface area contributed by atoms with Crippen molar-refractivity contribution >= 4 is 29.5 Å². The molecule has 0 aliphatic carbocycles. The average Bonchev–Trinajstić information content (AvgIpc) is 2.73. The summed E-state index contributed by atoms with van der Waals surface area (Å²) in [6.45, 7) is 3.35. The zero-order chi connectivity index (χ0) is 22.1. The second-order valence-corrected chi connectivity index (χ2v) is 7.16. The van der Waals surface area contributed by atoms with Gasteiger partial charge in [-0.3, -0.25) is 4.79 Å². The molecule has 8 nitrogen and oxygen atoms in total. The third kappa shape index (κ3) is 3.89. The van der Waals surface area contributed by atoms with Crippen molar-refractivity contribution < 1.29 is 33.4 Å². The van der Waals surface area contributed by atoms with Gasteiger partial charge in [-0.1, -0.05) is 17.7 Å². The molecule has 0 radical (unpaired) electrons. The van der Waals surface area contributed by atoms with E-state index < -0.39 is 29.4 Å². The van der Waals surface area contributed by atoms with E-state index in [1.165, 1.54) is 39.3 Å². The number of fused-ring (bicyclic) bond motifs is 1. The first-order chi connectivity index (χ1) is 14.2. The van der Waals surface area contributed by atoms with Crippen LogP contribution < -0.4 is 5.32 Å². The van der Waals surface area contributed by atoms with E-state index in [1.54, 1.807) is 12.1 Å². The second-order valence-electron chi connectivity index (χ2n) is 7.16. The molecule has 1 heterocycles. The van der Waals surface area contributed by atoms with Crippen LogP contribution in [0.2, 0.25) is 0 Å². The molecule has 1 N–H and O–H groups in total. The quantitative estimate of drug-likeness (QED) is 0.609. The molecule has 0 saturated heterocycles. The van der Waals surface area contributed by atoms with Gasteiger partial charge in [-0.15, -0.1) is 0 Å². The first-order valence-electron chi connectivity index (χ1n) is 9.13. The van der Waals surface area contributed by atoms with Gasteiger partial charge in [0.1, 0.15) is 0 Å².